The van der Waals surface area contributed by atoms with Crippen LogP contribution in [0, 0.1) is 0 Å². The van der Waals surface area contributed by atoms with Gasteiger partial charge in [0.2, 0.25) is 0 Å². The minimum atomic E-state index is -0.773. The van der Waals surface area contributed by atoms with Crippen LogP contribution in [-0.2, 0) is 9.53 Å². The van der Waals surface area contributed by atoms with Crippen LogP contribution in [0.5, 0.6) is 0 Å². The number of aliphatic carboxylic acids is 1. The molecule has 1 rings (SSSR count). The third kappa shape index (κ3) is 2.93. The number of carbonyl (C=O) groups is 1. The summed E-state index contributed by atoms with van der Waals surface area (Å²) in [6, 6.07) is 0.292. The fourth-order valence-electron chi connectivity index (χ4n) is 2.17. The molecular weight excluding hydrogens is 208 g/mol. The van der Waals surface area contributed by atoms with Gasteiger partial charge in [0.25, 0.3) is 0 Å². The highest BCUT2D eigenvalue weighted by atomic mass is 16.5. The monoisotopic (exact) mass is 230 g/mol. The molecule has 5 nitrogen and oxygen atoms in total. The van der Waals surface area contributed by atoms with Gasteiger partial charge in [-0.25, -0.2) is 0 Å². The summed E-state index contributed by atoms with van der Waals surface area (Å²) in [5, 5.41) is 12.5. The van der Waals surface area contributed by atoms with Gasteiger partial charge in [-0.2, -0.15) is 0 Å². The molecule has 0 spiro atoms. The molecule has 0 aliphatic carbocycles. The van der Waals surface area contributed by atoms with Crippen LogP contribution in [0.25, 0.3) is 0 Å². The van der Waals surface area contributed by atoms with E-state index in [1.54, 1.807) is 7.11 Å². The highest BCUT2D eigenvalue weighted by Gasteiger charge is 2.42. The fourth-order valence-corrected chi connectivity index (χ4v) is 2.17. The van der Waals surface area contributed by atoms with E-state index in [0.717, 1.165) is 6.54 Å². The van der Waals surface area contributed by atoms with Crippen LogP contribution in [0.1, 0.15) is 19.8 Å². The number of methoxy groups -OCH3 is 1. The zero-order valence-electron chi connectivity index (χ0n) is 10.3. The molecule has 1 saturated heterocycles. The van der Waals surface area contributed by atoms with E-state index in [1.165, 1.54) is 0 Å². The average molecular weight is 230 g/mol. The predicted octanol–water partition coefficient (Wildman–Crippen LogP) is 0.160. The number of hydrogen-bond donors (Lipinski definition) is 2. The van der Waals surface area contributed by atoms with Gasteiger partial charge in [0.1, 0.15) is 5.54 Å². The quantitative estimate of drug-likeness (QED) is 0.659. The van der Waals surface area contributed by atoms with Gasteiger partial charge in [0.05, 0.1) is 6.61 Å². The van der Waals surface area contributed by atoms with Crippen LogP contribution in [0.3, 0.4) is 0 Å². The maximum absolute atomic E-state index is 11.4. The molecule has 0 radical (unpaired) electrons. The van der Waals surface area contributed by atoms with E-state index in [4.69, 9.17) is 4.74 Å². The SMILES string of the molecule is COCCNC1(C(=O)O)CCN(C)C(C)C1. The molecule has 0 amide bonds. The number of nitrogens with one attached hydrogen (secondary N) is 1. The Kier molecular flexibility index (Phi) is 4.70. The largest absolute Gasteiger partial charge is 0.480 e. The lowest BCUT2D eigenvalue weighted by Crippen LogP contribution is -2.60. The van der Waals surface area contributed by atoms with Crippen LogP contribution in [0.4, 0.5) is 0 Å². The van der Waals surface area contributed by atoms with Crippen molar-refractivity contribution < 1.29 is 14.6 Å². The molecule has 2 atom stereocenters. The van der Waals surface area contributed by atoms with E-state index < -0.39 is 11.5 Å². The zero-order valence-corrected chi connectivity index (χ0v) is 10.3. The zero-order chi connectivity index (χ0) is 12.2. The lowest BCUT2D eigenvalue weighted by atomic mass is 9.84. The van der Waals surface area contributed by atoms with Crippen LogP contribution >= 0.6 is 0 Å². The summed E-state index contributed by atoms with van der Waals surface area (Å²) >= 11 is 0. The summed E-state index contributed by atoms with van der Waals surface area (Å²) in [5.41, 5.74) is -0.773. The molecule has 1 aliphatic heterocycles. The van der Waals surface area contributed by atoms with Crippen molar-refractivity contribution in [3.63, 3.8) is 0 Å². The van der Waals surface area contributed by atoms with Crippen LogP contribution in [0.15, 0.2) is 0 Å². The van der Waals surface area contributed by atoms with Gasteiger partial charge >= 0.3 is 5.97 Å². The Hall–Kier alpha value is -0.650. The van der Waals surface area contributed by atoms with Gasteiger partial charge in [0, 0.05) is 26.2 Å². The van der Waals surface area contributed by atoms with Crippen LogP contribution < -0.4 is 5.32 Å². The highest BCUT2D eigenvalue weighted by molar-refractivity contribution is 5.79. The van der Waals surface area contributed by atoms with Crippen molar-refractivity contribution >= 4 is 5.97 Å². The molecule has 1 aliphatic rings. The van der Waals surface area contributed by atoms with E-state index in [-0.39, 0.29) is 0 Å². The Morgan fingerprint density at radius 2 is 2.38 bits per heavy atom. The number of ether oxygens (including phenoxy) is 1. The Labute approximate surface area is 96.8 Å². The minimum Gasteiger partial charge on any atom is -0.480 e. The van der Waals surface area contributed by atoms with E-state index in [2.05, 4.69) is 17.1 Å². The summed E-state index contributed by atoms with van der Waals surface area (Å²) in [5.74, 6) is -0.747. The number of hydrogen-bond acceptors (Lipinski definition) is 4. The van der Waals surface area contributed by atoms with E-state index in [0.29, 0.717) is 32.0 Å². The first-order valence-corrected chi connectivity index (χ1v) is 5.69. The molecular formula is C11H22N2O3. The van der Waals surface area contributed by atoms with Crippen molar-refractivity contribution in [2.75, 3.05) is 33.9 Å². The van der Waals surface area contributed by atoms with Crippen molar-refractivity contribution in [1.82, 2.24) is 10.2 Å². The Morgan fingerprint density at radius 3 is 2.88 bits per heavy atom. The number of nitrogens with zero attached hydrogens (tertiary/aromatic N) is 1. The van der Waals surface area contributed by atoms with E-state index >= 15 is 0 Å². The number of likely N-dealkylation sites (tertiary alicyclic amines) is 1. The predicted molar refractivity (Wildman–Crippen MR) is 61.6 cm³/mol. The third-order valence-corrected chi connectivity index (χ3v) is 3.47. The Balaban J connectivity index is 2.62. The van der Waals surface area contributed by atoms with Gasteiger partial charge in [-0.15, -0.1) is 0 Å². The van der Waals surface area contributed by atoms with Gasteiger partial charge < -0.3 is 14.7 Å². The first-order chi connectivity index (χ1) is 7.52. The Morgan fingerprint density at radius 1 is 1.69 bits per heavy atom. The van der Waals surface area contributed by atoms with Gasteiger partial charge in [-0.1, -0.05) is 0 Å². The first-order valence-electron chi connectivity index (χ1n) is 5.69. The third-order valence-electron chi connectivity index (χ3n) is 3.47. The smallest absolute Gasteiger partial charge is 0.324 e. The second-order valence-electron chi connectivity index (χ2n) is 4.59. The molecule has 0 aromatic rings. The van der Waals surface area contributed by atoms with Gasteiger partial charge in [-0.3, -0.25) is 10.1 Å². The minimum absolute atomic E-state index is 0.292. The van der Waals surface area contributed by atoms with E-state index in [9.17, 15) is 9.90 Å². The van der Waals surface area contributed by atoms with Crippen LogP contribution in [0.2, 0.25) is 0 Å². The number of piperidine rings is 1. The highest BCUT2D eigenvalue weighted by Crippen LogP contribution is 2.26. The number of carboxylic acids is 1. The van der Waals surface area contributed by atoms with Gasteiger partial charge in [0.15, 0.2) is 0 Å². The molecule has 94 valence electrons. The Bertz CT molecular complexity index is 247. The number of carboxylic acid groups (broad SMARTS) is 1. The summed E-state index contributed by atoms with van der Waals surface area (Å²) in [4.78, 5) is 13.6. The molecule has 0 aromatic carbocycles. The lowest BCUT2D eigenvalue weighted by Gasteiger charge is -2.42. The average Bonchev–Trinajstić information content (AvgIpc) is 2.23. The summed E-state index contributed by atoms with van der Waals surface area (Å²) in [6.45, 7) is 4.00. The van der Waals surface area contributed by atoms with Crippen molar-refractivity contribution in [1.29, 1.82) is 0 Å². The first kappa shape index (κ1) is 13.4. The summed E-state index contributed by atoms with van der Waals surface area (Å²) in [6.07, 6.45) is 1.29. The van der Waals surface area contributed by atoms with E-state index in [1.807, 2.05) is 7.05 Å². The molecule has 0 aromatic heterocycles. The van der Waals surface area contributed by atoms with Crippen molar-refractivity contribution in [2.24, 2.45) is 0 Å². The molecule has 1 fully saturated rings. The molecule has 5 heteroatoms. The second-order valence-corrected chi connectivity index (χ2v) is 4.59. The molecule has 0 saturated carbocycles. The number of rotatable bonds is 5. The molecule has 2 unspecified atom stereocenters. The van der Waals surface area contributed by atoms with Crippen LogP contribution in [-0.4, -0.2) is 61.4 Å². The molecule has 16 heavy (non-hydrogen) atoms. The topological polar surface area (TPSA) is 61.8 Å². The van der Waals surface area contributed by atoms with Crippen molar-refractivity contribution in [3.8, 4) is 0 Å². The van der Waals surface area contributed by atoms with Crippen molar-refractivity contribution in [3.05, 3.63) is 0 Å². The molecule has 2 N–H and O–H groups in total. The summed E-state index contributed by atoms with van der Waals surface area (Å²) in [7, 11) is 3.65. The van der Waals surface area contributed by atoms with Crippen molar-refractivity contribution in [2.45, 2.75) is 31.3 Å². The summed E-state index contributed by atoms with van der Waals surface area (Å²) < 4.78 is 4.94. The maximum atomic E-state index is 11.4. The fraction of sp³-hybridized carbons (Fsp3) is 0.909. The lowest BCUT2D eigenvalue weighted by molar-refractivity contribution is -0.148. The maximum Gasteiger partial charge on any atom is 0.324 e. The second kappa shape index (κ2) is 5.61. The van der Waals surface area contributed by atoms with Gasteiger partial charge in [-0.05, 0) is 26.8 Å². The molecule has 1 heterocycles. The standard InChI is InChI=1S/C11H22N2O3/c1-9-8-11(10(14)15,4-6-13(9)2)12-5-7-16-3/h9,12H,4-8H2,1-3H3,(H,14,15). The molecule has 0 bridgehead atoms. The normalized spacial score (nSPS) is 31.6.